The molecule has 0 aliphatic heterocycles. The largest absolute Gasteiger partial charge is 0.481 e. The lowest BCUT2D eigenvalue weighted by Crippen LogP contribution is -2.07. The molecule has 0 radical (unpaired) electrons. The lowest BCUT2D eigenvalue weighted by molar-refractivity contribution is -0.127. The van der Waals surface area contributed by atoms with Crippen molar-refractivity contribution in [1.29, 1.82) is 0 Å². The first-order valence-corrected chi connectivity index (χ1v) is 15.4. The van der Waals surface area contributed by atoms with E-state index in [1.54, 1.807) is 72.8 Å². The van der Waals surface area contributed by atoms with Crippen LogP contribution >= 0.6 is 0 Å². The average molecular weight is 677 g/mol. The van der Waals surface area contributed by atoms with Gasteiger partial charge in [0, 0.05) is 18.4 Å². The Morgan fingerprint density at radius 3 is 1.06 bits per heavy atom. The molecule has 0 bridgehead atoms. The van der Waals surface area contributed by atoms with Crippen molar-refractivity contribution in [3.63, 3.8) is 0 Å². The molecule has 0 saturated heterocycles. The highest BCUT2D eigenvalue weighted by atomic mass is 16.5. The van der Waals surface area contributed by atoms with Crippen LogP contribution in [0.4, 0.5) is 0 Å². The third-order valence-electron chi connectivity index (χ3n) is 6.09. The minimum Gasteiger partial charge on any atom is -0.481 e. The Bertz CT molecular complexity index is 1620. The van der Waals surface area contributed by atoms with Gasteiger partial charge in [0.15, 0.2) is 5.78 Å². The molecule has 0 aromatic heterocycles. The second kappa shape index (κ2) is 24.0. The Balaban J connectivity index is 0.000000375. The monoisotopic (exact) mass is 676 g/mol. The maximum absolute atomic E-state index is 11.5. The first-order chi connectivity index (χ1) is 23.9. The van der Waals surface area contributed by atoms with Crippen molar-refractivity contribution in [3.8, 4) is 54.3 Å². The number of hydrogen-bond donors (Lipinski definition) is 0. The van der Waals surface area contributed by atoms with Gasteiger partial charge in [-0.15, -0.1) is 19.3 Å². The van der Waals surface area contributed by atoms with Crippen molar-refractivity contribution >= 4 is 34.7 Å². The molecule has 0 saturated carbocycles. The molecule has 50 heavy (non-hydrogen) atoms. The Hall–Kier alpha value is -6.24. The molecule has 258 valence electrons. The maximum Gasteiger partial charge on any atom is 0.170 e. The molecular weight excluding hydrogens is 636 g/mol. The number of carbonyl (C=O) groups excluding carboxylic acids is 6. The number of ether oxygens (including phenoxy) is 3. The predicted octanol–water partition coefficient (Wildman–Crippen LogP) is 5.44. The van der Waals surface area contributed by atoms with E-state index in [-0.39, 0.29) is 86.6 Å². The second-order valence-electron chi connectivity index (χ2n) is 10.8. The van der Waals surface area contributed by atoms with E-state index in [9.17, 15) is 28.8 Å². The molecule has 3 rings (SSSR count). The van der Waals surface area contributed by atoms with E-state index in [1.807, 2.05) is 0 Å². The highest BCUT2D eigenvalue weighted by Crippen LogP contribution is 2.15. The summed E-state index contributed by atoms with van der Waals surface area (Å²) in [6.07, 6.45) is 15.6. The predicted molar refractivity (Wildman–Crippen MR) is 190 cm³/mol. The van der Waals surface area contributed by atoms with Crippen LogP contribution < -0.4 is 14.2 Å². The summed E-state index contributed by atoms with van der Waals surface area (Å²) in [5, 5.41) is 0. The van der Waals surface area contributed by atoms with Gasteiger partial charge in [-0.05, 0) is 80.4 Å². The fourth-order valence-corrected chi connectivity index (χ4v) is 3.98. The first-order valence-electron chi connectivity index (χ1n) is 15.4. The van der Waals surface area contributed by atoms with Crippen LogP contribution in [0, 0.1) is 37.0 Å². The van der Waals surface area contributed by atoms with E-state index in [0.29, 0.717) is 22.8 Å². The van der Waals surface area contributed by atoms with Crippen molar-refractivity contribution in [3.05, 3.63) is 89.5 Å². The summed E-state index contributed by atoms with van der Waals surface area (Å²) in [5.74, 6) is 8.35. The average Bonchev–Trinajstić information content (AvgIpc) is 3.06. The van der Waals surface area contributed by atoms with Gasteiger partial charge in [0.2, 0.25) is 0 Å². The molecular formula is C41H40O9. The molecule has 9 nitrogen and oxygen atoms in total. The van der Waals surface area contributed by atoms with Crippen LogP contribution in [0.25, 0.3) is 0 Å². The van der Waals surface area contributed by atoms with E-state index >= 15 is 0 Å². The fourth-order valence-electron chi connectivity index (χ4n) is 3.98. The van der Waals surface area contributed by atoms with Crippen molar-refractivity contribution in [2.75, 3.05) is 19.8 Å². The van der Waals surface area contributed by atoms with Crippen LogP contribution in [0.1, 0.15) is 61.5 Å². The molecule has 9 heteroatoms. The normalized spacial score (nSPS) is 9.36. The number of benzene rings is 3. The first kappa shape index (κ1) is 41.8. The molecule has 0 aliphatic carbocycles. The van der Waals surface area contributed by atoms with Gasteiger partial charge in [-0.1, -0.05) is 42.0 Å². The summed E-state index contributed by atoms with van der Waals surface area (Å²) in [6, 6.07) is 20.8. The zero-order chi connectivity index (χ0) is 37.3. The van der Waals surface area contributed by atoms with Crippen molar-refractivity contribution in [2.45, 2.75) is 52.9 Å². The number of ketones is 6. The maximum atomic E-state index is 11.5. The number of rotatable bonds is 17. The third-order valence-corrected chi connectivity index (χ3v) is 6.09. The molecule has 0 aliphatic rings. The van der Waals surface area contributed by atoms with Crippen LogP contribution in [0.3, 0.4) is 0 Å². The van der Waals surface area contributed by atoms with Gasteiger partial charge in [0.1, 0.15) is 66.0 Å². The number of terminal acetylenes is 3. The molecule has 0 heterocycles. The Kier molecular flexibility index (Phi) is 20.0. The second-order valence-corrected chi connectivity index (χ2v) is 10.8. The number of hydrogen-bond acceptors (Lipinski definition) is 9. The van der Waals surface area contributed by atoms with Crippen molar-refractivity contribution < 1.29 is 43.0 Å². The van der Waals surface area contributed by atoms with Crippen LogP contribution in [0.15, 0.2) is 72.8 Å². The summed E-state index contributed by atoms with van der Waals surface area (Å²) in [4.78, 5) is 66.6. The fraction of sp³-hybridized carbons (Fsp3) is 0.268. The summed E-state index contributed by atoms with van der Waals surface area (Å²) < 4.78 is 15.6. The SMILES string of the molecule is C#CCOc1ccc(C(=O)CC(C)=O)cc1.C#CCOc1ccc(CC(=O)CC(C)=O)cc1.C#CCOc1ccc(CC(=O)CC(C)=O)cc1. The summed E-state index contributed by atoms with van der Waals surface area (Å²) in [6.45, 7) is 4.86. The van der Waals surface area contributed by atoms with Gasteiger partial charge in [-0.3, -0.25) is 28.8 Å². The molecule has 0 fully saturated rings. The van der Waals surface area contributed by atoms with Crippen LogP contribution in [-0.2, 0) is 36.8 Å². The van der Waals surface area contributed by atoms with Crippen molar-refractivity contribution in [1.82, 2.24) is 0 Å². The molecule has 0 amide bonds. The quantitative estimate of drug-likeness (QED) is 0.104. The Morgan fingerprint density at radius 2 is 0.780 bits per heavy atom. The minimum absolute atomic E-state index is 0.00462. The zero-order valence-electron chi connectivity index (χ0n) is 28.5. The van der Waals surface area contributed by atoms with Crippen LogP contribution in [0.5, 0.6) is 17.2 Å². The van der Waals surface area contributed by atoms with Gasteiger partial charge in [0.05, 0.1) is 19.3 Å². The molecule has 3 aromatic rings. The zero-order valence-corrected chi connectivity index (χ0v) is 28.5. The lowest BCUT2D eigenvalue weighted by Gasteiger charge is -2.03. The van der Waals surface area contributed by atoms with Gasteiger partial charge in [-0.25, -0.2) is 0 Å². The molecule has 0 spiro atoms. The van der Waals surface area contributed by atoms with Gasteiger partial charge < -0.3 is 14.2 Å². The van der Waals surface area contributed by atoms with E-state index in [4.69, 9.17) is 33.5 Å². The third kappa shape index (κ3) is 19.4. The minimum atomic E-state index is -0.184. The molecule has 0 unspecified atom stereocenters. The highest BCUT2D eigenvalue weighted by Gasteiger charge is 2.09. The van der Waals surface area contributed by atoms with Crippen LogP contribution in [0.2, 0.25) is 0 Å². The van der Waals surface area contributed by atoms with Gasteiger partial charge in [0.25, 0.3) is 0 Å². The lowest BCUT2D eigenvalue weighted by atomic mass is 10.1. The molecule has 0 N–H and O–H groups in total. The van der Waals surface area contributed by atoms with Crippen molar-refractivity contribution in [2.24, 2.45) is 0 Å². The number of carbonyl (C=O) groups is 6. The summed E-state index contributed by atoms with van der Waals surface area (Å²) >= 11 is 0. The van der Waals surface area contributed by atoms with E-state index in [0.717, 1.165) is 11.1 Å². The number of Topliss-reactive ketones (excluding diaryl/α,β-unsaturated/α-hetero) is 6. The topological polar surface area (TPSA) is 130 Å². The Morgan fingerprint density at radius 1 is 0.480 bits per heavy atom. The Labute approximate surface area is 293 Å². The molecule has 0 atom stereocenters. The van der Waals surface area contributed by atoms with Crippen LogP contribution in [-0.4, -0.2) is 54.5 Å². The highest BCUT2D eigenvalue weighted by molar-refractivity contribution is 6.07. The summed E-state index contributed by atoms with van der Waals surface area (Å²) in [5.41, 5.74) is 2.23. The smallest absolute Gasteiger partial charge is 0.170 e. The standard InChI is InChI=1S/2C14H14O3.C13H12O3/c2*1-3-8-17-14-6-4-12(5-7-14)10-13(16)9-11(2)15;1-3-8-16-12-6-4-11(5-7-12)13(15)9-10(2)14/h2*1,4-7H,8-10H2,2H3;1,4-7H,8-9H2,2H3. The van der Waals surface area contributed by atoms with Gasteiger partial charge >= 0.3 is 0 Å². The van der Waals surface area contributed by atoms with E-state index in [1.165, 1.54) is 20.8 Å². The summed E-state index contributed by atoms with van der Waals surface area (Å²) in [7, 11) is 0. The molecule has 3 aromatic carbocycles. The van der Waals surface area contributed by atoms with E-state index in [2.05, 4.69) is 17.8 Å². The van der Waals surface area contributed by atoms with E-state index < -0.39 is 0 Å². The van der Waals surface area contributed by atoms with Gasteiger partial charge in [-0.2, -0.15) is 0 Å².